The average molecular weight is 293 g/mol. The predicted molar refractivity (Wildman–Crippen MR) is 92.0 cm³/mol. The lowest BCUT2D eigenvalue weighted by atomic mass is 9.89. The molecule has 0 fully saturated rings. The van der Waals surface area contributed by atoms with E-state index < -0.39 is 0 Å². The molecule has 2 aromatic rings. The Labute approximate surface area is 133 Å². The van der Waals surface area contributed by atoms with Crippen LogP contribution in [0.25, 0.3) is 5.57 Å². The van der Waals surface area contributed by atoms with E-state index in [0.29, 0.717) is 5.92 Å². The minimum absolute atomic E-state index is 0.358. The number of hydrogen-bond acceptors (Lipinski definition) is 1. The second kappa shape index (κ2) is 6.45. The molecule has 22 heavy (non-hydrogen) atoms. The number of pyridine rings is 1. The lowest BCUT2D eigenvalue weighted by Gasteiger charge is -2.17. The van der Waals surface area contributed by atoms with Crippen LogP contribution in [0.15, 0.2) is 54.2 Å². The van der Waals surface area contributed by atoms with Crippen LogP contribution >= 0.6 is 0 Å². The fraction of sp³-hybridized carbons (Fsp3) is 0.350. The SMILES string of the molecule is C[C@@H](C1=C(CC[NH+](C)C)Cc2ccccc21)c1ccccn1. The van der Waals surface area contributed by atoms with Crippen LogP contribution in [0.1, 0.15) is 36.1 Å². The number of benzene rings is 1. The summed E-state index contributed by atoms with van der Waals surface area (Å²) in [6.45, 7) is 3.48. The van der Waals surface area contributed by atoms with Crippen molar-refractivity contribution < 1.29 is 4.90 Å². The topological polar surface area (TPSA) is 17.3 Å². The number of fused-ring (bicyclic) bond motifs is 1. The largest absolute Gasteiger partial charge is 0.340 e. The van der Waals surface area contributed by atoms with Crippen molar-refractivity contribution in [2.24, 2.45) is 0 Å². The molecule has 2 heteroatoms. The number of aromatic nitrogens is 1. The summed E-state index contributed by atoms with van der Waals surface area (Å²) in [4.78, 5) is 6.09. The zero-order valence-corrected chi connectivity index (χ0v) is 13.8. The average Bonchev–Trinajstić information content (AvgIpc) is 2.91. The maximum Gasteiger partial charge on any atom is 0.0804 e. The summed E-state index contributed by atoms with van der Waals surface area (Å²) < 4.78 is 0. The lowest BCUT2D eigenvalue weighted by Crippen LogP contribution is -3.05. The van der Waals surface area contributed by atoms with Crippen LogP contribution in [0.2, 0.25) is 0 Å². The smallest absolute Gasteiger partial charge is 0.0804 e. The third-order valence-corrected chi connectivity index (χ3v) is 4.58. The molecule has 1 N–H and O–H groups in total. The number of nitrogens with zero attached hydrogens (tertiary/aromatic N) is 1. The van der Waals surface area contributed by atoms with Crippen molar-refractivity contribution in [2.45, 2.75) is 25.7 Å². The molecule has 0 radical (unpaired) electrons. The van der Waals surface area contributed by atoms with E-state index in [1.54, 1.807) is 5.57 Å². The van der Waals surface area contributed by atoms with Gasteiger partial charge in [0.05, 0.1) is 20.6 Å². The Morgan fingerprint density at radius 1 is 1.09 bits per heavy atom. The third kappa shape index (κ3) is 2.97. The van der Waals surface area contributed by atoms with Gasteiger partial charge < -0.3 is 4.90 Å². The van der Waals surface area contributed by atoms with E-state index in [0.717, 1.165) is 6.42 Å². The highest BCUT2D eigenvalue weighted by atomic mass is 15.0. The Bertz CT molecular complexity index is 671. The first-order valence-corrected chi connectivity index (χ1v) is 8.17. The van der Waals surface area contributed by atoms with E-state index in [1.165, 1.54) is 40.3 Å². The minimum atomic E-state index is 0.358. The number of hydrogen-bond donors (Lipinski definition) is 1. The summed E-state index contributed by atoms with van der Waals surface area (Å²) in [5, 5.41) is 0. The van der Waals surface area contributed by atoms with Gasteiger partial charge in [0.2, 0.25) is 0 Å². The van der Waals surface area contributed by atoms with Crippen LogP contribution in [0, 0.1) is 0 Å². The van der Waals surface area contributed by atoms with Crippen molar-refractivity contribution >= 4 is 5.57 Å². The van der Waals surface area contributed by atoms with Crippen molar-refractivity contribution in [1.82, 2.24) is 4.98 Å². The molecule has 1 aliphatic carbocycles. The second-order valence-electron chi connectivity index (χ2n) is 6.53. The quantitative estimate of drug-likeness (QED) is 0.897. The molecule has 0 spiro atoms. The Morgan fingerprint density at radius 3 is 2.59 bits per heavy atom. The van der Waals surface area contributed by atoms with Crippen molar-refractivity contribution in [3.63, 3.8) is 0 Å². The standard InChI is InChI=1S/C20H24N2/c1-15(19-10-6-7-12-21-19)20-17(11-13-22(2)3)14-16-8-4-5-9-18(16)20/h4-10,12,15H,11,13-14H2,1-3H3/p+1/t15-/m1/s1. The van der Waals surface area contributed by atoms with E-state index in [4.69, 9.17) is 0 Å². The van der Waals surface area contributed by atoms with Gasteiger partial charge in [-0.05, 0) is 35.3 Å². The summed E-state index contributed by atoms with van der Waals surface area (Å²) in [6.07, 6.45) is 4.18. The van der Waals surface area contributed by atoms with Gasteiger partial charge >= 0.3 is 0 Å². The third-order valence-electron chi connectivity index (χ3n) is 4.58. The van der Waals surface area contributed by atoms with Gasteiger partial charge in [0, 0.05) is 24.2 Å². The lowest BCUT2D eigenvalue weighted by molar-refractivity contribution is -0.857. The molecular weight excluding hydrogens is 268 g/mol. The van der Waals surface area contributed by atoms with E-state index in [9.17, 15) is 0 Å². The van der Waals surface area contributed by atoms with E-state index in [2.05, 4.69) is 62.4 Å². The Kier molecular flexibility index (Phi) is 4.39. The van der Waals surface area contributed by atoms with Crippen LogP contribution in [-0.4, -0.2) is 25.6 Å². The fourth-order valence-corrected chi connectivity index (χ4v) is 3.40. The highest BCUT2D eigenvalue weighted by molar-refractivity contribution is 5.80. The summed E-state index contributed by atoms with van der Waals surface area (Å²) >= 11 is 0. The Balaban J connectivity index is 1.99. The highest BCUT2D eigenvalue weighted by Crippen LogP contribution is 2.42. The maximum atomic E-state index is 4.59. The number of allylic oxidation sites excluding steroid dienone is 1. The summed E-state index contributed by atoms with van der Waals surface area (Å²) in [5.41, 5.74) is 7.19. The van der Waals surface area contributed by atoms with Crippen molar-refractivity contribution in [3.05, 3.63) is 71.1 Å². The summed E-state index contributed by atoms with van der Waals surface area (Å²) in [7, 11) is 4.45. The molecule has 3 rings (SSSR count). The van der Waals surface area contributed by atoms with Gasteiger partial charge in [0.15, 0.2) is 0 Å². The van der Waals surface area contributed by atoms with Gasteiger partial charge in [-0.25, -0.2) is 0 Å². The molecule has 114 valence electrons. The van der Waals surface area contributed by atoms with Crippen LogP contribution in [-0.2, 0) is 6.42 Å². The maximum absolute atomic E-state index is 4.59. The molecule has 1 aliphatic rings. The first-order chi connectivity index (χ1) is 10.7. The minimum Gasteiger partial charge on any atom is -0.340 e. The second-order valence-corrected chi connectivity index (χ2v) is 6.53. The highest BCUT2D eigenvalue weighted by Gasteiger charge is 2.26. The molecule has 0 amide bonds. The van der Waals surface area contributed by atoms with Crippen LogP contribution in [0.5, 0.6) is 0 Å². The normalized spacial score (nSPS) is 15.3. The summed E-state index contributed by atoms with van der Waals surface area (Å²) in [6, 6.07) is 15.1. The number of nitrogens with one attached hydrogen (secondary N) is 1. The molecule has 0 unspecified atom stereocenters. The Morgan fingerprint density at radius 2 is 1.86 bits per heavy atom. The zero-order valence-electron chi connectivity index (χ0n) is 13.8. The van der Waals surface area contributed by atoms with Gasteiger partial charge in [-0.2, -0.15) is 0 Å². The summed E-state index contributed by atoms with van der Waals surface area (Å²) in [5.74, 6) is 0.358. The molecular formula is C20H25N2+. The molecule has 1 atom stereocenters. The van der Waals surface area contributed by atoms with E-state index in [1.807, 2.05) is 12.3 Å². The fourth-order valence-electron chi connectivity index (χ4n) is 3.40. The molecule has 0 saturated heterocycles. The monoisotopic (exact) mass is 293 g/mol. The number of quaternary nitrogens is 1. The van der Waals surface area contributed by atoms with Crippen LogP contribution in [0.4, 0.5) is 0 Å². The molecule has 0 aliphatic heterocycles. The molecule has 1 aromatic heterocycles. The molecule has 0 bridgehead atoms. The first kappa shape index (κ1) is 15.0. The van der Waals surface area contributed by atoms with Crippen molar-refractivity contribution in [3.8, 4) is 0 Å². The van der Waals surface area contributed by atoms with E-state index >= 15 is 0 Å². The van der Waals surface area contributed by atoms with Crippen LogP contribution < -0.4 is 4.90 Å². The van der Waals surface area contributed by atoms with E-state index in [-0.39, 0.29) is 0 Å². The molecule has 0 saturated carbocycles. The zero-order chi connectivity index (χ0) is 15.5. The predicted octanol–water partition coefficient (Wildman–Crippen LogP) is 2.73. The van der Waals surface area contributed by atoms with Gasteiger partial charge in [0.25, 0.3) is 0 Å². The van der Waals surface area contributed by atoms with Gasteiger partial charge in [-0.15, -0.1) is 0 Å². The van der Waals surface area contributed by atoms with Crippen LogP contribution in [0.3, 0.4) is 0 Å². The van der Waals surface area contributed by atoms with Gasteiger partial charge in [0.1, 0.15) is 0 Å². The Hall–Kier alpha value is -1.93. The van der Waals surface area contributed by atoms with Crippen molar-refractivity contribution in [1.29, 1.82) is 0 Å². The van der Waals surface area contributed by atoms with Gasteiger partial charge in [-0.3, -0.25) is 4.98 Å². The first-order valence-electron chi connectivity index (χ1n) is 8.17. The van der Waals surface area contributed by atoms with Crippen molar-refractivity contribution in [2.75, 3.05) is 20.6 Å². The van der Waals surface area contributed by atoms with Gasteiger partial charge in [-0.1, -0.05) is 42.8 Å². The number of rotatable bonds is 5. The molecule has 2 nitrogen and oxygen atoms in total. The molecule has 1 aromatic carbocycles. The molecule has 1 heterocycles.